The summed E-state index contributed by atoms with van der Waals surface area (Å²) in [5.74, 6) is -2.01. The summed E-state index contributed by atoms with van der Waals surface area (Å²) in [6, 6.07) is 5.02. The normalized spacial score (nSPS) is 13.1. The first-order chi connectivity index (χ1) is 12.2. The number of aliphatic carboxylic acids is 1. The molecule has 1 aromatic rings. The van der Waals surface area contributed by atoms with E-state index in [4.69, 9.17) is 5.11 Å². The molecule has 144 valence electrons. The maximum absolute atomic E-state index is 12.9. The van der Waals surface area contributed by atoms with E-state index < -0.39 is 17.9 Å². The van der Waals surface area contributed by atoms with Gasteiger partial charge in [-0.3, -0.25) is 9.59 Å². The van der Waals surface area contributed by atoms with Crippen molar-refractivity contribution in [3.8, 4) is 0 Å². The number of nitrogens with one attached hydrogen (secondary N) is 2. The van der Waals surface area contributed by atoms with Crippen LogP contribution in [0.1, 0.15) is 27.2 Å². The van der Waals surface area contributed by atoms with E-state index in [0.717, 1.165) is 4.90 Å². The number of carbonyl (C=O) groups is 3. The number of halogens is 1. The molecule has 0 aliphatic heterocycles. The Morgan fingerprint density at radius 3 is 2.31 bits per heavy atom. The van der Waals surface area contributed by atoms with Crippen molar-refractivity contribution in [2.24, 2.45) is 11.8 Å². The Balaban J connectivity index is 2.38. The quantitative estimate of drug-likeness (QED) is 0.538. The maximum atomic E-state index is 12.9. The van der Waals surface area contributed by atoms with Gasteiger partial charge < -0.3 is 15.7 Å². The second-order valence-corrected chi connectivity index (χ2v) is 7.57. The molecule has 0 aliphatic rings. The van der Waals surface area contributed by atoms with Crippen molar-refractivity contribution in [2.45, 2.75) is 38.1 Å². The van der Waals surface area contributed by atoms with Crippen LogP contribution in [-0.2, 0) is 14.4 Å². The van der Waals surface area contributed by atoms with Gasteiger partial charge in [0, 0.05) is 16.6 Å². The number of hydrogen-bond acceptors (Lipinski definition) is 4. The van der Waals surface area contributed by atoms with Crippen LogP contribution in [0.3, 0.4) is 0 Å². The number of carboxylic acids is 1. The monoisotopic (exact) mass is 384 g/mol. The van der Waals surface area contributed by atoms with E-state index in [0.29, 0.717) is 12.2 Å². The summed E-state index contributed by atoms with van der Waals surface area (Å²) in [5, 5.41) is 14.0. The Hall–Kier alpha value is -2.09. The zero-order valence-electron chi connectivity index (χ0n) is 15.1. The van der Waals surface area contributed by atoms with E-state index in [1.54, 1.807) is 19.1 Å². The summed E-state index contributed by atoms with van der Waals surface area (Å²) in [7, 11) is 0. The van der Waals surface area contributed by atoms with Gasteiger partial charge >= 0.3 is 5.97 Å². The molecule has 2 atom stereocenters. The molecule has 2 amide bonds. The molecule has 0 fully saturated rings. The molecule has 0 saturated carbocycles. The minimum atomic E-state index is -1.09. The standard InChI is InChI=1S/C18H25FN2O4S/c1-11(2)8-15(18(24)25)21-16(22)9-20-17(23)12(3)10-26-14-6-4-13(19)5-7-14/h4-7,11-12,15H,8-10H2,1-3H3,(H,20,23)(H,21,22)(H,24,25)/t12?,15-/m0/s1. The summed E-state index contributed by atoms with van der Waals surface area (Å²) >= 11 is 1.42. The summed E-state index contributed by atoms with van der Waals surface area (Å²) in [6.45, 7) is 5.18. The largest absolute Gasteiger partial charge is 0.480 e. The fourth-order valence-corrected chi connectivity index (χ4v) is 3.03. The lowest BCUT2D eigenvalue weighted by molar-refractivity contribution is -0.142. The lowest BCUT2D eigenvalue weighted by atomic mass is 10.0. The summed E-state index contributed by atoms with van der Waals surface area (Å²) in [4.78, 5) is 35.9. The first kappa shape index (κ1) is 22.0. The molecule has 1 rings (SSSR count). The molecule has 1 unspecified atom stereocenters. The van der Waals surface area contributed by atoms with Gasteiger partial charge in [0.2, 0.25) is 11.8 Å². The predicted octanol–water partition coefficient (Wildman–Crippen LogP) is 2.29. The molecular weight excluding hydrogens is 359 g/mol. The van der Waals surface area contributed by atoms with Crippen molar-refractivity contribution >= 4 is 29.5 Å². The Morgan fingerprint density at radius 2 is 1.77 bits per heavy atom. The molecule has 0 spiro atoms. The number of amides is 2. The Kier molecular flexibility index (Phi) is 9.12. The average Bonchev–Trinajstić information content (AvgIpc) is 2.57. The van der Waals surface area contributed by atoms with Gasteiger partial charge in [0.05, 0.1) is 6.54 Å². The highest BCUT2D eigenvalue weighted by atomic mass is 32.2. The summed E-state index contributed by atoms with van der Waals surface area (Å²) in [5.41, 5.74) is 0. The third kappa shape index (κ3) is 8.33. The van der Waals surface area contributed by atoms with Crippen LogP contribution in [0.25, 0.3) is 0 Å². The van der Waals surface area contributed by atoms with E-state index in [1.807, 2.05) is 13.8 Å². The van der Waals surface area contributed by atoms with Gasteiger partial charge in [-0.25, -0.2) is 9.18 Å². The Bertz CT molecular complexity index is 622. The molecule has 0 bridgehead atoms. The van der Waals surface area contributed by atoms with Crippen LogP contribution in [0.5, 0.6) is 0 Å². The average molecular weight is 384 g/mol. The minimum Gasteiger partial charge on any atom is -0.480 e. The first-order valence-corrected chi connectivity index (χ1v) is 9.35. The molecule has 0 saturated heterocycles. The molecule has 6 nitrogen and oxygen atoms in total. The van der Waals surface area contributed by atoms with E-state index in [-0.39, 0.29) is 30.1 Å². The van der Waals surface area contributed by atoms with Gasteiger partial charge in [-0.15, -0.1) is 11.8 Å². The van der Waals surface area contributed by atoms with Crippen LogP contribution in [0, 0.1) is 17.7 Å². The first-order valence-electron chi connectivity index (χ1n) is 8.37. The third-order valence-corrected chi connectivity index (χ3v) is 4.80. The van der Waals surface area contributed by atoms with Gasteiger partial charge in [-0.1, -0.05) is 20.8 Å². The van der Waals surface area contributed by atoms with Crippen LogP contribution < -0.4 is 10.6 Å². The summed E-state index contributed by atoms with van der Waals surface area (Å²) in [6.07, 6.45) is 0.319. The van der Waals surface area contributed by atoms with E-state index in [2.05, 4.69) is 10.6 Å². The molecule has 0 aliphatic carbocycles. The van der Waals surface area contributed by atoms with Crippen LogP contribution in [-0.4, -0.2) is 41.2 Å². The number of benzene rings is 1. The van der Waals surface area contributed by atoms with Gasteiger partial charge in [-0.2, -0.15) is 0 Å². The van der Waals surface area contributed by atoms with Crippen molar-refractivity contribution in [1.29, 1.82) is 0 Å². The van der Waals surface area contributed by atoms with E-state index in [1.165, 1.54) is 23.9 Å². The molecule has 1 aromatic carbocycles. The van der Waals surface area contributed by atoms with Gasteiger partial charge in [0.15, 0.2) is 0 Å². The van der Waals surface area contributed by atoms with Crippen LogP contribution in [0.4, 0.5) is 4.39 Å². The van der Waals surface area contributed by atoms with Crippen LogP contribution >= 0.6 is 11.8 Å². The van der Waals surface area contributed by atoms with E-state index in [9.17, 15) is 18.8 Å². The highest BCUT2D eigenvalue weighted by molar-refractivity contribution is 7.99. The van der Waals surface area contributed by atoms with Crippen molar-refractivity contribution < 1.29 is 23.9 Å². The SMILES string of the molecule is CC(C)C[C@H](NC(=O)CNC(=O)C(C)CSc1ccc(F)cc1)C(=O)O. The second kappa shape index (κ2) is 10.8. The zero-order chi connectivity index (χ0) is 19.7. The number of thioether (sulfide) groups is 1. The number of rotatable bonds is 10. The zero-order valence-corrected chi connectivity index (χ0v) is 15.9. The predicted molar refractivity (Wildman–Crippen MR) is 98.3 cm³/mol. The van der Waals surface area contributed by atoms with Crippen molar-refractivity contribution in [2.75, 3.05) is 12.3 Å². The van der Waals surface area contributed by atoms with Crippen molar-refractivity contribution in [1.82, 2.24) is 10.6 Å². The van der Waals surface area contributed by atoms with Crippen molar-refractivity contribution in [3.05, 3.63) is 30.1 Å². The molecule has 0 heterocycles. The number of carbonyl (C=O) groups excluding carboxylic acids is 2. The fourth-order valence-electron chi connectivity index (χ4n) is 2.11. The molecule has 0 aromatic heterocycles. The molecule has 0 radical (unpaired) electrons. The molecular formula is C18H25FN2O4S. The Labute approximate surface area is 156 Å². The molecule has 26 heavy (non-hydrogen) atoms. The van der Waals surface area contributed by atoms with E-state index >= 15 is 0 Å². The molecule has 8 heteroatoms. The topological polar surface area (TPSA) is 95.5 Å². The van der Waals surface area contributed by atoms with Gasteiger partial charge in [-0.05, 0) is 36.6 Å². The lowest BCUT2D eigenvalue weighted by Crippen LogP contribution is -2.46. The summed E-state index contributed by atoms with van der Waals surface area (Å²) < 4.78 is 12.9. The minimum absolute atomic E-state index is 0.120. The maximum Gasteiger partial charge on any atom is 0.326 e. The second-order valence-electron chi connectivity index (χ2n) is 6.47. The van der Waals surface area contributed by atoms with Gasteiger partial charge in [0.1, 0.15) is 11.9 Å². The van der Waals surface area contributed by atoms with Crippen LogP contribution in [0.15, 0.2) is 29.2 Å². The fraction of sp³-hybridized carbons (Fsp3) is 0.500. The smallest absolute Gasteiger partial charge is 0.326 e. The van der Waals surface area contributed by atoms with Crippen molar-refractivity contribution in [3.63, 3.8) is 0 Å². The highest BCUT2D eigenvalue weighted by Gasteiger charge is 2.21. The number of hydrogen-bond donors (Lipinski definition) is 3. The molecule has 3 N–H and O–H groups in total. The Morgan fingerprint density at radius 1 is 1.15 bits per heavy atom. The van der Waals surface area contributed by atoms with Crippen LogP contribution in [0.2, 0.25) is 0 Å². The lowest BCUT2D eigenvalue weighted by Gasteiger charge is -2.17. The highest BCUT2D eigenvalue weighted by Crippen LogP contribution is 2.20. The third-order valence-electron chi connectivity index (χ3n) is 3.52. The number of carboxylic acid groups (broad SMARTS) is 1. The van der Waals surface area contributed by atoms with Gasteiger partial charge in [0.25, 0.3) is 0 Å².